The molecule has 0 aromatic heterocycles. The van der Waals surface area contributed by atoms with Crippen molar-refractivity contribution >= 4 is 36.0 Å². The molecule has 0 aliphatic carbocycles. The van der Waals surface area contributed by atoms with Crippen LogP contribution in [0, 0.1) is 6.92 Å². The van der Waals surface area contributed by atoms with Gasteiger partial charge in [0, 0.05) is 39.8 Å². The van der Waals surface area contributed by atoms with Gasteiger partial charge in [-0.1, -0.05) is 29.8 Å². The predicted octanol–water partition coefficient (Wildman–Crippen LogP) is 3.16. The number of hydrogen-bond donors (Lipinski definition) is 2. The van der Waals surface area contributed by atoms with Crippen LogP contribution in [0.25, 0.3) is 0 Å². The Balaban J connectivity index is 0.00000385. The summed E-state index contributed by atoms with van der Waals surface area (Å²) in [6.45, 7) is 13.4. The van der Waals surface area contributed by atoms with Gasteiger partial charge in [0.25, 0.3) is 0 Å². The van der Waals surface area contributed by atoms with Gasteiger partial charge in [-0.25, -0.2) is 4.79 Å². The Kier molecular flexibility index (Phi) is 10.7. The number of likely N-dealkylation sites (tertiary alicyclic amines) is 1. The zero-order valence-corrected chi connectivity index (χ0v) is 22.9. The maximum Gasteiger partial charge on any atom is 0.407 e. The zero-order valence-electron chi connectivity index (χ0n) is 20.6. The average molecular weight is 574 g/mol. The minimum Gasteiger partial charge on any atom is -0.444 e. The monoisotopic (exact) mass is 573 g/mol. The molecule has 0 saturated carbocycles. The number of amides is 1. The molecule has 1 aromatic carbocycles. The second-order valence-electron chi connectivity index (χ2n) is 9.58. The third-order valence-corrected chi connectivity index (χ3v) is 5.82. The molecule has 2 heterocycles. The van der Waals surface area contributed by atoms with E-state index in [1.54, 1.807) is 0 Å². The number of carbonyl (C=O) groups is 1. The third kappa shape index (κ3) is 8.60. The summed E-state index contributed by atoms with van der Waals surface area (Å²) in [5.74, 6) is 0.865. The molecule has 1 aromatic rings. The predicted molar refractivity (Wildman–Crippen MR) is 142 cm³/mol. The number of alkyl carbamates (subject to hydrolysis) is 1. The molecule has 2 unspecified atom stereocenters. The first kappa shape index (κ1) is 27.7. The minimum atomic E-state index is -0.496. The van der Waals surface area contributed by atoms with E-state index in [-0.39, 0.29) is 42.2 Å². The number of morpholine rings is 1. The number of halogens is 1. The van der Waals surface area contributed by atoms with Gasteiger partial charge in [0.2, 0.25) is 0 Å². The minimum absolute atomic E-state index is 0. The maximum absolute atomic E-state index is 12.1. The van der Waals surface area contributed by atoms with E-state index in [2.05, 4.69) is 56.6 Å². The van der Waals surface area contributed by atoms with Gasteiger partial charge in [0.15, 0.2) is 5.96 Å². The van der Waals surface area contributed by atoms with Gasteiger partial charge < -0.3 is 25.0 Å². The van der Waals surface area contributed by atoms with Crippen LogP contribution < -0.4 is 10.6 Å². The van der Waals surface area contributed by atoms with Gasteiger partial charge in [0.05, 0.1) is 25.3 Å². The highest BCUT2D eigenvalue weighted by Crippen LogP contribution is 2.22. The molecule has 0 radical (unpaired) electrons. The Hall–Kier alpha value is -1.59. The molecule has 33 heavy (non-hydrogen) atoms. The van der Waals surface area contributed by atoms with Crippen molar-refractivity contribution in [3.8, 4) is 0 Å². The molecule has 2 fully saturated rings. The maximum atomic E-state index is 12.1. The highest BCUT2D eigenvalue weighted by atomic mass is 127. The number of aliphatic imine (C=N–C) groups is 1. The molecule has 8 nitrogen and oxygen atoms in total. The number of nitrogens with one attached hydrogen (secondary N) is 2. The Morgan fingerprint density at radius 2 is 1.88 bits per heavy atom. The summed E-state index contributed by atoms with van der Waals surface area (Å²) in [7, 11) is 1.81. The second kappa shape index (κ2) is 12.8. The lowest BCUT2D eigenvalue weighted by atomic mass is 10.0. The van der Waals surface area contributed by atoms with Crippen molar-refractivity contribution in [3.63, 3.8) is 0 Å². The van der Waals surface area contributed by atoms with Crippen LogP contribution in [-0.2, 0) is 9.47 Å². The molecule has 186 valence electrons. The van der Waals surface area contributed by atoms with Crippen LogP contribution in [0.15, 0.2) is 29.3 Å². The number of rotatable bonds is 5. The molecule has 1 amide bonds. The second-order valence-corrected chi connectivity index (χ2v) is 9.58. The summed E-state index contributed by atoms with van der Waals surface area (Å²) >= 11 is 0. The summed E-state index contributed by atoms with van der Waals surface area (Å²) in [6, 6.07) is 9.08. The lowest BCUT2D eigenvalue weighted by Crippen LogP contribution is -2.48. The fourth-order valence-corrected chi connectivity index (χ4v) is 4.20. The molecule has 2 aliphatic rings. The van der Waals surface area contributed by atoms with Crippen molar-refractivity contribution in [2.24, 2.45) is 4.99 Å². The van der Waals surface area contributed by atoms with Crippen molar-refractivity contribution < 1.29 is 14.3 Å². The van der Waals surface area contributed by atoms with Gasteiger partial charge in [0.1, 0.15) is 5.60 Å². The van der Waals surface area contributed by atoms with Crippen molar-refractivity contribution in [1.29, 1.82) is 0 Å². The molecular weight excluding hydrogens is 533 g/mol. The summed E-state index contributed by atoms with van der Waals surface area (Å²) in [5.41, 5.74) is 2.06. The van der Waals surface area contributed by atoms with E-state index in [4.69, 9.17) is 9.47 Å². The van der Waals surface area contributed by atoms with Gasteiger partial charge in [-0.2, -0.15) is 0 Å². The first-order chi connectivity index (χ1) is 15.2. The van der Waals surface area contributed by atoms with Gasteiger partial charge in [-0.3, -0.25) is 9.89 Å². The Morgan fingerprint density at radius 3 is 2.48 bits per heavy atom. The molecular formula is C24H40IN5O3. The number of guanidine groups is 1. The molecule has 3 rings (SSSR count). The van der Waals surface area contributed by atoms with Gasteiger partial charge in [-0.15, -0.1) is 24.0 Å². The van der Waals surface area contributed by atoms with Crippen molar-refractivity contribution in [1.82, 2.24) is 20.4 Å². The average Bonchev–Trinajstić information content (AvgIpc) is 3.19. The van der Waals surface area contributed by atoms with Crippen LogP contribution in [0.3, 0.4) is 0 Å². The summed E-state index contributed by atoms with van der Waals surface area (Å²) < 4.78 is 11.0. The Bertz CT molecular complexity index is 775. The molecule has 2 N–H and O–H groups in total. The molecule has 9 heteroatoms. The molecule has 0 bridgehead atoms. The molecule has 0 spiro atoms. The van der Waals surface area contributed by atoms with Crippen LogP contribution >= 0.6 is 24.0 Å². The van der Waals surface area contributed by atoms with Crippen LogP contribution in [0.2, 0.25) is 0 Å². The van der Waals surface area contributed by atoms with Crippen LogP contribution in [0.4, 0.5) is 4.79 Å². The number of carbonyl (C=O) groups excluding carboxylic acids is 1. The van der Waals surface area contributed by atoms with Gasteiger partial charge >= 0.3 is 6.09 Å². The number of benzene rings is 1. The number of hydrogen-bond acceptors (Lipinski definition) is 5. The lowest BCUT2D eigenvalue weighted by Gasteiger charge is -2.35. The highest BCUT2D eigenvalue weighted by Gasteiger charge is 2.29. The topological polar surface area (TPSA) is 78.4 Å². The number of ether oxygens (including phenoxy) is 2. The standard InChI is InChI=1S/C24H39N5O3.HI/c1-18-6-8-19(9-7-18)21(28-12-14-31-15-13-28)16-26-22(25-5)29-11-10-20(17-29)27-23(30)32-24(2,3)4;/h6-9,20-21H,10-17H2,1-5H3,(H,25,26)(H,27,30);1H. The van der Waals surface area contributed by atoms with Crippen LogP contribution in [-0.4, -0.2) is 86.5 Å². The Morgan fingerprint density at radius 1 is 1.21 bits per heavy atom. The SMILES string of the molecule is CN=C(NCC(c1ccc(C)cc1)N1CCOCC1)N1CCC(NC(=O)OC(C)(C)C)C1.I. The normalized spacial score (nSPS) is 20.7. The highest BCUT2D eigenvalue weighted by molar-refractivity contribution is 14.0. The van der Waals surface area contributed by atoms with E-state index in [0.717, 1.165) is 51.8 Å². The molecule has 2 saturated heterocycles. The van der Waals surface area contributed by atoms with Crippen molar-refractivity contribution in [3.05, 3.63) is 35.4 Å². The smallest absolute Gasteiger partial charge is 0.407 e. The van der Waals surface area contributed by atoms with E-state index < -0.39 is 5.60 Å². The van der Waals surface area contributed by atoms with E-state index in [1.165, 1.54) is 11.1 Å². The molecule has 2 aliphatic heterocycles. The van der Waals surface area contributed by atoms with Crippen LogP contribution in [0.1, 0.15) is 44.4 Å². The fourth-order valence-electron chi connectivity index (χ4n) is 4.20. The van der Waals surface area contributed by atoms with E-state index in [9.17, 15) is 4.79 Å². The van der Waals surface area contributed by atoms with E-state index in [1.807, 2.05) is 27.8 Å². The number of aryl methyl sites for hydroxylation is 1. The first-order valence-corrected chi connectivity index (χ1v) is 11.6. The zero-order chi connectivity index (χ0) is 23.1. The van der Waals surface area contributed by atoms with Crippen molar-refractivity contribution in [2.75, 3.05) is 53.0 Å². The summed E-state index contributed by atoms with van der Waals surface area (Å²) in [4.78, 5) is 21.3. The lowest BCUT2D eigenvalue weighted by molar-refractivity contribution is 0.0169. The van der Waals surface area contributed by atoms with Crippen LogP contribution in [0.5, 0.6) is 0 Å². The third-order valence-electron chi connectivity index (χ3n) is 5.82. The summed E-state index contributed by atoms with van der Waals surface area (Å²) in [6.07, 6.45) is 0.504. The van der Waals surface area contributed by atoms with E-state index >= 15 is 0 Å². The molecule has 2 atom stereocenters. The van der Waals surface area contributed by atoms with Crippen molar-refractivity contribution in [2.45, 2.75) is 51.8 Å². The van der Waals surface area contributed by atoms with Gasteiger partial charge in [-0.05, 0) is 39.7 Å². The number of nitrogens with zero attached hydrogens (tertiary/aromatic N) is 3. The summed E-state index contributed by atoms with van der Waals surface area (Å²) in [5, 5.41) is 6.57. The quantitative estimate of drug-likeness (QED) is 0.320. The largest absolute Gasteiger partial charge is 0.444 e. The fraction of sp³-hybridized carbons (Fsp3) is 0.667. The Labute approximate surface area is 215 Å². The van der Waals surface area contributed by atoms with E-state index in [0.29, 0.717) is 6.54 Å². The first-order valence-electron chi connectivity index (χ1n) is 11.6.